The maximum atomic E-state index is 13.7. The fourth-order valence-corrected chi connectivity index (χ4v) is 3.51. The summed E-state index contributed by atoms with van der Waals surface area (Å²) in [6, 6.07) is 3.75. The molecule has 0 bridgehead atoms. The van der Waals surface area contributed by atoms with Crippen LogP contribution >= 0.6 is 0 Å². The van der Waals surface area contributed by atoms with Crippen LogP contribution in [0.15, 0.2) is 31.0 Å². The normalized spacial score (nSPS) is 11.1. The lowest BCUT2D eigenvalue weighted by Gasteiger charge is -2.18. The Hall–Kier alpha value is -3.48. The summed E-state index contributed by atoms with van der Waals surface area (Å²) in [4.78, 5) is 16.3. The maximum absolute atomic E-state index is 13.7. The van der Waals surface area contributed by atoms with E-state index < -0.39 is 11.7 Å². The number of rotatable bonds is 8. The molecule has 0 unspecified atom stereocenters. The van der Waals surface area contributed by atoms with Gasteiger partial charge in [0, 0.05) is 26.1 Å². The van der Waals surface area contributed by atoms with Gasteiger partial charge in [-0.3, -0.25) is 4.98 Å². The van der Waals surface area contributed by atoms with E-state index in [9.17, 15) is 18.4 Å². The number of alkyl halides is 3. The van der Waals surface area contributed by atoms with Crippen molar-refractivity contribution in [2.45, 2.75) is 72.5 Å². The molecule has 0 fully saturated rings. The SMILES string of the molecule is CC.CCCC(CCC)Nc1ncc(C(F)(F)F)c(-c2cn(-c3ccnc(C)c3C#N)cn2)n1.[HH]. The molecule has 0 aliphatic rings. The molecule has 10 heteroatoms. The van der Waals surface area contributed by atoms with Crippen molar-refractivity contribution in [1.82, 2.24) is 24.5 Å². The number of nitriles is 1. The molecule has 0 spiro atoms. The molecule has 0 amide bonds. The zero-order valence-corrected chi connectivity index (χ0v) is 20.1. The van der Waals surface area contributed by atoms with Crippen LogP contribution in [0.2, 0.25) is 0 Å². The van der Waals surface area contributed by atoms with Crippen LogP contribution in [-0.2, 0) is 6.18 Å². The first-order valence-corrected chi connectivity index (χ1v) is 11.4. The van der Waals surface area contributed by atoms with Crippen LogP contribution < -0.4 is 5.32 Å². The Morgan fingerprint density at radius 3 is 2.41 bits per heavy atom. The second-order valence-electron chi connectivity index (χ2n) is 7.44. The number of hydrogen-bond donors (Lipinski definition) is 1. The zero-order valence-electron chi connectivity index (χ0n) is 20.1. The fraction of sp³-hybridized carbons (Fsp3) is 0.458. The number of anilines is 1. The Morgan fingerprint density at radius 1 is 1.15 bits per heavy atom. The monoisotopic (exact) mass is 475 g/mol. The minimum Gasteiger partial charge on any atom is -0.351 e. The fourth-order valence-electron chi connectivity index (χ4n) is 3.51. The number of imidazole rings is 1. The third kappa shape index (κ3) is 6.31. The summed E-state index contributed by atoms with van der Waals surface area (Å²) in [5.41, 5.74) is 0.0588. The van der Waals surface area contributed by atoms with Crippen molar-refractivity contribution in [2.75, 3.05) is 5.32 Å². The molecular weight excluding hydrogens is 443 g/mol. The molecule has 34 heavy (non-hydrogen) atoms. The van der Waals surface area contributed by atoms with Gasteiger partial charge in [0.05, 0.1) is 16.9 Å². The molecule has 0 aliphatic carbocycles. The highest BCUT2D eigenvalue weighted by atomic mass is 19.4. The first kappa shape index (κ1) is 26.8. The molecule has 3 heterocycles. The minimum absolute atomic E-state index is 0. The predicted octanol–water partition coefficient (Wildman–Crippen LogP) is 6.58. The Bertz CT molecular complexity index is 1120. The molecule has 7 nitrogen and oxygen atoms in total. The van der Waals surface area contributed by atoms with E-state index in [1.54, 1.807) is 13.0 Å². The van der Waals surface area contributed by atoms with E-state index in [4.69, 9.17) is 0 Å². The zero-order chi connectivity index (χ0) is 25.3. The van der Waals surface area contributed by atoms with Crippen LogP contribution in [0.25, 0.3) is 17.1 Å². The molecule has 3 aromatic rings. The summed E-state index contributed by atoms with van der Waals surface area (Å²) in [5, 5.41) is 12.6. The van der Waals surface area contributed by atoms with Crippen LogP contribution in [0.4, 0.5) is 19.1 Å². The molecular formula is C24H32F3N7. The summed E-state index contributed by atoms with van der Waals surface area (Å²) < 4.78 is 42.5. The number of hydrogen-bond acceptors (Lipinski definition) is 6. The summed E-state index contributed by atoms with van der Waals surface area (Å²) in [5.74, 6) is 0.131. The molecule has 0 saturated carbocycles. The molecule has 3 rings (SSSR count). The van der Waals surface area contributed by atoms with Crippen molar-refractivity contribution >= 4 is 5.95 Å². The van der Waals surface area contributed by atoms with Gasteiger partial charge < -0.3 is 9.88 Å². The molecule has 3 aromatic heterocycles. The van der Waals surface area contributed by atoms with Gasteiger partial charge in [0.25, 0.3) is 0 Å². The minimum atomic E-state index is -4.64. The molecule has 184 valence electrons. The lowest BCUT2D eigenvalue weighted by atomic mass is 10.1. The molecule has 1 N–H and O–H groups in total. The molecule has 0 saturated heterocycles. The number of aromatic nitrogens is 5. The van der Waals surface area contributed by atoms with E-state index in [2.05, 4.69) is 31.3 Å². The van der Waals surface area contributed by atoms with Crippen LogP contribution in [0.5, 0.6) is 0 Å². The molecule has 0 aliphatic heterocycles. The lowest BCUT2D eigenvalue weighted by molar-refractivity contribution is -0.137. The van der Waals surface area contributed by atoms with E-state index in [1.165, 1.54) is 23.3 Å². The Kier molecular flexibility index (Phi) is 9.54. The smallest absolute Gasteiger partial charge is 0.351 e. The average molecular weight is 476 g/mol. The van der Waals surface area contributed by atoms with Gasteiger partial charge in [0.1, 0.15) is 29.3 Å². The number of pyridine rings is 1. The van der Waals surface area contributed by atoms with Crippen molar-refractivity contribution in [3.8, 4) is 23.1 Å². The van der Waals surface area contributed by atoms with Crippen LogP contribution in [-0.4, -0.2) is 30.5 Å². The van der Waals surface area contributed by atoms with Gasteiger partial charge >= 0.3 is 6.18 Å². The summed E-state index contributed by atoms with van der Waals surface area (Å²) >= 11 is 0. The van der Waals surface area contributed by atoms with Crippen molar-refractivity contribution in [3.05, 3.63) is 47.8 Å². The highest BCUT2D eigenvalue weighted by Crippen LogP contribution is 2.36. The maximum Gasteiger partial charge on any atom is 0.420 e. The number of nitrogens with zero attached hydrogens (tertiary/aromatic N) is 6. The van der Waals surface area contributed by atoms with Crippen LogP contribution in [0.1, 0.15) is 71.6 Å². The Labute approximate surface area is 199 Å². The van der Waals surface area contributed by atoms with Gasteiger partial charge in [-0.05, 0) is 25.8 Å². The summed E-state index contributed by atoms with van der Waals surface area (Å²) in [7, 11) is 0. The van der Waals surface area contributed by atoms with Crippen molar-refractivity contribution in [2.24, 2.45) is 0 Å². The highest BCUT2D eigenvalue weighted by Gasteiger charge is 2.36. The lowest BCUT2D eigenvalue weighted by Crippen LogP contribution is -2.21. The van der Waals surface area contributed by atoms with Crippen LogP contribution in [0.3, 0.4) is 0 Å². The molecule has 0 aromatic carbocycles. The van der Waals surface area contributed by atoms with E-state index in [0.29, 0.717) is 16.9 Å². The standard InChI is InChI=1S/C22H24F3N7.C2H6.H2/c1-4-6-15(7-5-2)30-21-28-11-17(22(23,24)25)20(31-21)18-12-32(13-29-18)19-8-9-27-14(3)16(19)10-26;1-2;/h8-9,11-13,15H,4-7H2,1-3H3,(H,28,30,31);1-2H3;1H. The van der Waals surface area contributed by atoms with Gasteiger partial charge in [-0.1, -0.05) is 40.5 Å². The van der Waals surface area contributed by atoms with Crippen molar-refractivity contribution in [1.29, 1.82) is 5.26 Å². The summed E-state index contributed by atoms with van der Waals surface area (Å²) in [6.07, 6.45) is 4.04. The quantitative estimate of drug-likeness (QED) is 0.396. The van der Waals surface area contributed by atoms with Gasteiger partial charge in [-0.15, -0.1) is 0 Å². The predicted molar refractivity (Wildman–Crippen MR) is 128 cm³/mol. The van der Waals surface area contributed by atoms with Crippen molar-refractivity contribution in [3.63, 3.8) is 0 Å². The second kappa shape index (κ2) is 12.1. The summed E-state index contributed by atoms with van der Waals surface area (Å²) in [6.45, 7) is 9.78. The topological polar surface area (TPSA) is 92.3 Å². The number of nitrogens with one attached hydrogen (secondary N) is 1. The first-order valence-electron chi connectivity index (χ1n) is 11.4. The van der Waals surface area contributed by atoms with E-state index in [1.807, 2.05) is 27.7 Å². The third-order valence-corrected chi connectivity index (χ3v) is 5.04. The van der Waals surface area contributed by atoms with Gasteiger partial charge in [-0.25, -0.2) is 15.0 Å². The second-order valence-corrected chi connectivity index (χ2v) is 7.44. The highest BCUT2D eigenvalue weighted by molar-refractivity contribution is 5.62. The van der Waals surface area contributed by atoms with Crippen molar-refractivity contribution < 1.29 is 14.6 Å². The molecule has 0 atom stereocenters. The third-order valence-electron chi connectivity index (χ3n) is 5.04. The van der Waals surface area contributed by atoms with Gasteiger partial charge in [0.15, 0.2) is 0 Å². The number of halogens is 3. The Balaban J connectivity index is 0.00000199. The van der Waals surface area contributed by atoms with E-state index in [0.717, 1.165) is 31.9 Å². The average Bonchev–Trinajstić information content (AvgIpc) is 3.30. The van der Waals surface area contributed by atoms with Crippen LogP contribution in [0, 0.1) is 18.3 Å². The first-order chi connectivity index (χ1) is 16.3. The van der Waals surface area contributed by atoms with E-state index >= 15 is 0 Å². The molecule has 0 radical (unpaired) electrons. The largest absolute Gasteiger partial charge is 0.420 e. The van der Waals surface area contributed by atoms with Gasteiger partial charge in [0.2, 0.25) is 5.95 Å². The Morgan fingerprint density at radius 2 is 1.82 bits per heavy atom. The van der Waals surface area contributed by atoms with Gasteiger partial charge in [-0.2, -0.15) is 18.4 Å². The number of aryl methyl sites for hydroxylation is 1. The van der Waals surface area contributed by atoms with E-state index in [-0.39, 0.29) is 24.8 Å².